The van der Waals surface area contributed by atoms with Crippen LogP contribution in [-0.2, 0) is 9.59 Å². The summed E-state index contributed by atoms with van der Waals surface area (Å²) in [4.78, 5) is 26.1. The van der Waals surface area contributed by atoms with Crippen molar-refractivity contribution in [3.05, 3.63) is 29.8 Å². The molecule has 1 aliphatic carbocycles. The maximum absolute atomic E-state index is 12.3. The van der Waals surface area contributed by atoms with Crippen molar-refractivity contribution in [3.8, 4) is 0 Å². The SMILES string of the molecule is Cc1ccc(NC(=O)CN(C)CC(=O)N[C@@H]2CCC[C@H](C)[C@@H]2C)cc1. The van der Waals surface area contributed by atoms with Crippen molar-refractivity contribution >= 4 is 17.5 Å². The van der Waals surface area contributed by atoms with Crippen LogP contribution >= 0.6 is 0 Å². The van der Waals surface area contributed by atoms with E-state index in [-0.39, 0.29) is 30.9 Å². The predicted molar refractivity (Wildman–Crippen MR) is 101 cm³/mol. The van der Waals surface area contributed by atoms with Gasteiger partial charge in [0.05, 0.1) is 13.1 Å². The molecule has 5 nitrogen and oxygen atoms in total. The third-order valence-electron chi connectivity index (χ3n) is 5.22. The number of amides is 2. The molecule has 0 spiro atoms. The number of likely N-dealkylation sites (N-methyl/N-ethyl adjacent to an activating group) is 1. The lowest BCUT2D eigenvalue weighted by molar-refractivity contribution is -0.124. The van der Waals surface area contributed by atoms with Crippen LogP contribution in [0.15, 0.2) is 24.3 Å². The van der Waals surface area contributed by atoms with Gasteiger partial charge >= 0.3 is 0 Å². The number of nitrogens with one attached hydrogen (secondary N) is 2. The first-order chi connectivity index (χ1) is 11.8. The Morgan fingerprint density at radius 2 is 1.72 bits per heavy atom. The number of hydrogen-bond acceptors (Lipinski definition) is 3. The lowest BCUT2D eigenvalue weighted by atomic mass is 9.78. The Balaban J connectivity index is 1.75. The summed E-state index contributed by atoms with van der Waals surface area (Å²) in [7, 11) is 1.79. The first-order valence-electron chi connectivity index (χ1n) is 9.19. The Labute approximate surface area is 151 Å². The topological polar surface area (TPSA) is 61.4 Å². The summed E-state index contributed by atoms with van der Waals surface area (Å²) in [5, 5.41) is 6.00. The minimum Gasteiger partial charge on any atom is -0.352 e. The van der Waals surface area contributed by atoms with Crippen LogP contribution in [0.4, 0.5) is 5.69 Å². The molecule has 2 rings (SSSR count). The van der Waals surface area contributed by atoms with Gasteiger partial charge in [0.2, 0.25) is 11.8 Å². The Morgan fingerprint density at radius 3 is 2.40 bits per heavy atom. The molecule has 1 fully saturated rings. The van der Waals surface area contributed by atoms with Crippen LogP contribution in [0.2, 0.25) is 0 Å². The van der Waals surface area contributed by atoms with Crippen LogP contribution in [0.3, 0.4) is 0 Å². The molecule has 1 aliphatic rings. The van der Waals surface area contributed by atoms with Crippen molar-refractivity contribution in [2.45, 2.75) is 46.1 Å². The monoisotopic (exact) mass is 345 g/mol. The zero-order valence-electron chi connectivity index (χ0n) is 15.8. The molecule has 3 atom stereocenters. The molecule has 0 aromatic heterocycles. The molecule has 25 heavy (non-hydrogen) atoms. The number of benzene rings is 1. The van der Waals surface area contributed by atoms with Gasteiger partial charge in [0, 0.05) is 11.7 Å². The maximum Gasteiger partial charge on any atom is 0.238 e. The van der Waals surface area contributed by atoms with Crippen LogP contribution in [-0.4, -0.2) is 42.9 Å². The molecular weight excluding hydrogens is 314 g/mol. The molecule has 1 aromatic rings. The summed E-state index contributed by atoms with van der Waals surface area (Å²) in [6.07, 6.45) is 3.47. The molecule has 2 amide bonds. The molecule has 1 saturated carbocycles. The van der Waals surface area contributed by atoms with Crippen molar-refractivity contribution in [1.82, 2.24) is 10.2 Å². The highest BCUT2D eigenvalue weighted by molar-refractivity contribution is 5.92. The molecule has 0 unspecified atom stereocenters. The fourth-order valence-corrected chi connectivity index (χ4v) is 3.42. The Bertz CT molecular complexity index is 585. The van der Waals surface area contributed by atoms with Gasteiger partial charge in [-0.05, 0) is 44.4 Å². The highest BCUT2D eigenvalue weighted by Crippen LogP contribution is 2.29. The summed E-state index contributed by atoms with van der Waals surface area (Å²) in [5.74, 6) is 1.04. The minimum absolute atomic E-state index is 0.00316. The van der Waals surface area contributed by atoms with E-state index >= 15 is 0 Å². The zero-order chi connectivity index (χ0) is 18.4. The van der Waals surface area contributed by atoms with Gasteiger partial charge in [0.1, 0.15) is 0 Å². The van der Waals surface area contributed by atoms with Gasteiger partial charge in [-0.2, -0.15) is 0 Å². The van der Waals surface area contributed by atoms with Crippen LogP contribution in [0.25, 0.3) is 0 Å². The summed E-state index contributed by atoms with van der Waals surface area (Å²) in [6.45, 7) is 6.90. The van der Waals surface area contributed by atoms with Crippen molar-refractivity contribution in [1.29, 1.82) is 0 Å². The van der Waals surface area contributed by atoms with E-state index in [2.05, 4.69) is 24.5 Å². The normalized spacial score (nSPS) is 23.3. The molecule has 2 N–H and O–H groups in total. The van der Waals surface area contributed by atoms with Gasteiger partial charge in [-0.1, -0.05) is 44.4 Å². The Morgan fingerprint density at radius 1 is 1.08 bits per heavy atom. The summed E-state index contributed by atoms with van der Waals surface area (Å²) >= 11 is 0. The van der Waals surface area contributed by atoms with E-state index in [1.54, 1.807) is 11.9 Å². The third-order valence-corrected chi connectivity index (χ3v) is 5.22. The van der Waals surface area contributed by atoms with Crippen molar-refractivity contribution in [2.75, 3.05) is 25.5 Å². The fraction of sp³-hybridized carbons (Fsp3) is 0.600. The fourth-order valence-electron chi connectivity index (χ4n) is 3.42. The van der Waals surface area contributed by atoms with E-state index in [1.807, 2.05) is 31.2 Å². The minimum atomic E-state index is -0.112. The molecule has 0 radical (unpaired) electrons. The van der Waals surface area contributed by atoms with E-state index in [4.69, 9.17) is 0 Å². The molecule has 1 aromatic carbocycles. The largest absolute Gasteiger partial charge is 0.352 e. The van der Waals surface area contributed by atoms with Crippen LogP contribution in [0, 0.1) is 18.8 Å². The van der Waals surface area contributed by atoms with E-state index in [1.165, 1.54) is 12.8 Å². The lowest BCUT2D eigenvalue weighted by Gasteiger charge is -2.34. The first kappa shape index (κ1) is 19.4. The quantitative estimate of drug-likeness (QED) is 0.833. The van der Waals surface area contributed by atoms with Gasteiger partial charge in [-0.3, -0.25) is 14.5 Å². The van der Waals surface area contributed by atoms with E-state index < -0.39 is 0 Å². The van der Waals surface area contributed by atoms with E-state index in [0.29, 0.717) is 11.8 Å². The molecule has 0 heterocycles. The molecule has 0 saturated heterocycles. The number of hydrogen-bond donors (Lipinski definition) is 2. The second-order valence-corrected chi connectivity index (χ2v) is 7.53. The Hall–Kier alpha value is -1.88. The highest BCUT2D eigenvalue weighted by Gasteiger charge is 2.28. The van der Waals surface area contributed by atoms with Crippen molar-refractivity contribution in [3.63, 3.8) is 0 Å². The zero-order valence-corrected chi connectivity index (χ0v) is 15.8. The smallest absolute Gasteiger partial charge is 0.238 e. The van der Waals surface area contributed by atoms with Gasteiger partial charge in [0.15, 0.2) is 0 Å². The number of rotatable bonds is 6. The molecule has 138 valence electrons. The van der Waals surface area contributed by atoms with Gasteiger partial charge in [0.25, 0.3) is 0 Å². The second-order valence-electron chi connectivity index (χ2n) is 7.53. The summed E-state index contributed by atoms with van der Waals surface area (Å²) < 4.78 is 0. The third kappa shape index (κ3) is 6.16. The number of nitrogens with zero attached hydrogens (tertiary/aromatic N) is 1. The number of carbonyl (C=O) groups is 2. The van der Waals surface area contributed by atoms with Gasteiger partial charge in [-0.25, -0.2) is 0 Å². The molecule has 0 aliphatic heterocycles. The highest BCUT2D eigenvalue weighted by atomic mass is 16.2. The summed E-state index contributed by atoms with van der Waals surface area (Å²) in [6, 6.07) is 7.93. The van der Waals surface area contributed by atoms with Gasteiger partial charge < -0.3 is 10.6 Å². The molecule has 0 bridgehead atoms. The van der Waals surface area contributed by atoms with Crippen molar-refractivity contribution in [2.24, 2.45) is 11.8 Å². The average Bonchev–Trinajstić information content (AvgIpc) is 2.53. The number of anilines is 1. The lowest BCUT2D eigenvalue weighted by Crippen LogP contribution is -2.47. The predicted octanol–water partition coefficient (Wildman–Crippen LogP) is 2.81. The molecule has 5 heteroatoms. The standard InChI is InChI=1S/C20H31N3O2/c1-14-8-10-17(11-9-14)21-19(24)12-23(4)13-20(25)22-18-7-5-6-15(2)16(18)3/h8-11,15-16,18H,5-7,12-13H2,1-4H3,(H,21,24)(H,22,25)/t15-,16-,18+/m0/s1. The van der Waals surface area contributed by atoms with Crippen LogP contribution < -0.4 is 10.6 Å². The average molecular weight is 345 g/mol. The first-order valence-corrected chi connectivity index (χ1v) is 9.19. The summed E-state index contributed by atoms with van der Waals surface area (Å²) in [5.41, 5.74) is 1.93. The number of carbonyl (C=O) groups excluding carboxylic acids is 2. The van der Waals surface area contributed by atoms with Crippen LogP contribution in [0.1, 0.15) is 38.7 Å². The van der Waals surface area contributed by atoms with Crippen molar-refractivity contribution < 1.29 is 9.59 Å². The maximum atomic E-state index is 12.3. The van der Waals surface area contributed by atoms with E-state index in [9.17, 15) is 9.59 Å². The number of aryl methyl sites for hydroxylation is 1. The van der Waals surface area contributed by atoms with Crippen LogP contribution in [0.5, 0.6) is 0 Å². The van der Waals surface area contributed by atoms with Gasteiger partial charge in [-0.15, -0.1) is 0 Å². The Kier molecular flexibility index (Phi) is 7.00. The second kappa shape index (κ2) is 8.99. The van der Waals surface area contributed by atoms with E-state index in [0.717, 1.165) is 17.7 Å². The molecular formula is C20H31N3O2.